The van der Waals surface area contributed by atoms with Crippen molar-refractivity contribution in [3.8, 4) is 0 Å². The van der Waals surface area contributed by atoms with Gasteiger partial charge in [0.1, 0.15) is 0 Å². The lowest BCUT2D eigenvalue weighted by Gasteiger charge is -2.20. The van der Waals surface area contributed by atoms with Crippen molar-refractivity contribution in [2.45, 2.75) is 85.4 Å². The zero-order valence-corrected chi connectivity index (χ0v) is 24.5. The lowest BCUT2D eigenvalue weighted by atomic mass is 10.0. The number of fused-ring (bicyclic) bond motifs is 1. The monoisotopic (exact) mass is 543 g/mol. The van der Waals surface area contributed by atoms with E-state index in [2.05, 4.69) is 46.8 Å². The number of aromatic nitrogens is 5. The molecule has 9 nitrogen and oxygen atoms in total. The van der Waals surface area contributed by atoms with Gasteiger partial charge in [0.25, 0.3) is 5.91 Å². The Hall–Kier alpha value is -3.85. The van der Waals surface area contributed by atoms with Gasteiger partial charge >= 0.3 is 0 Å². The predicted molar refractivity (Wildman–Crippen MR) is 157 cm³/mol. The highest BCUT2D eigenvalue weighted by atomic mass is 16.1. The largest absolute Gasteiger partial charge is 0.342 e. The number of carbonyl (C=O) groups is 2. The summed E-state index contributed by atoms with van der Waals surface area (Å²) >= 11 is 0. The summed E-state index contributed by atoms with van der Waals surface area (Å²) in [5.74, 6) is 0.254. The van der Waals surface area contributed by atoms with Crippen LogP contribution < -0.4 is 10.6 Å². The second-order valence-electron chi connectivity index (χ2n) is 11.2. The SMILES string of the molecule is CCc1cc2cc(C(=O)NC(CC)c3nnn(CC)n3)ccn2c1C(=O)c1ccc(CCCNC(C)(C)C)cc1. The first-order valence-corrected chi connectivity index (χ1v) is 14.2. The van der Waals surface area contributed by atoms with Crippen molar-refractivity contribution in [2.75, 3.05) is 6.54 Å². The van der Waals surface area contributed by atoms with E-state index in [1.54, 1.807) is 12.3 Å². The third-order valence-corrected chi connectivity index (χ3v) is 7.00. The smallest absolute Gasteiger partial charge is 0.252 e. The summed E-state index contributed by atoms with van der Waals surface area (Å²) in [6, 6.07) is 13.2. The Morgan fingerprint density at radius 1 is 1.00 bits per heavy atom. The number of hydrogen-bond acceptors (Lipinski definition) is 6. The van der Waals surface area contributed by atoms with Crippen LogP contribution in [0.1, 0.15) is 104 Å². The van der Waals surface area contributed by atoms with Gasteiger partial charge in [-0.25, -0.2) is 0 Å². The molecule has 0 spiro atoms. The Kier molecular flexibility index (Phi) is 9.14. The molecule has 0 saturated carbocycles. The van der Waals surface area contributed by atoms with E-state index in [1.165, 1.54) is 10.4 Å². The molecule has 4 rings (SSSR count). The fraction of sp³-hybridized carbons (Fsp3) is 0.452. The number of ketones is 1. The molecule has 0 saturated heterocycles. The normalized spacial score (nSPS) is 12.6. The third-order valence-electron chi connectivity index (χ3n) is 7.00. The Labute approximate surface area is 236 Å². The molecule has 1 amide bonds. The van der Waals surface area contributed by atoms with Crippen LogP contribution in [0.2, 0.25) is 0 Å². The Bertz CT molecular complexity index is 1460. The van der Waals surface area contributed by atoms with E-state index >= 15 is 0 Å². The van der Waals surface area contributed by atoms with Crippen LogP contribution in [0.4, 0.5) is 0 Å². The van der Waals surface area contributed by atoms with Gasteiger partial charge in [-0.05, 0) is 94.5 Å². The number of nitrogens with one attached hydrogen (secondary N) is 2. The van der Waals surface area contributed by atoms with Gasteiger partial charge in [0.2, 0.25) is 5.78 Å². The number of carbonyl (C=O) groups excluding carboxylic acids is 2. The Morgan fingerprint density at radius 3 is 2.38 bits per heavy atom. The molecule has 40 heavy (non-hydrogen) atoms. The van der Waals surface area contributed by atoms with Crippen molar-refractivity contribution in [1.29, 1.82) is 0 Å². The van der Waals surface area contributed by atoms with E-state index in [1.807, 2.05) is 61.6 Å². The summed E-state index contributed by atoms with van der Waals surface area (Å²) in [6.45, 7) is 14.0. The van der Waals surface area contributed by atoms with Crippen molar-refractivity contribution in [1.82, 2.24) is 35.2 Å². The van der Waals surface area contributed by atoms with E-state index in [-0.39, 0.29) is 23.3 Å². The molecular weight excluding hydrogens is 502 g/mol. The van der Waals surface area contributed by atoms with Crippen LogP contribution in [0, 0.1) is 0 Å². The van der Waals surface area contributed by atoms with Gasteiger partial charge < -0.3 is 15.0 Å². The first-order valence-electron chi connectivity index (χ1n) is 14.2. The Balaban J connectivity index is 1.50. The molecule has 9 heteroatoms. The molecule has 0 aliphatic heterocycles. The number of amides is 1. The summed E-state index contributed by atoms with van der Waals surface area (Å²) in [5.41, 5.74) is 4.90. The van der Waals surface area contributed by atoms with Crippen LogP contribution in [0.5, 0.6) is 0 Å². The highest BCUT2D eigenvalue weighted by Gasteiger charge is 2.22. The summed E-state index contributed by atoms with van der Waals surface area (Å²) < 4.78 is 1.88. The van der Waals surface area contributed by atoms with Crippen LogP contribution in [0.25, 0.3) is 5.52 Å². The third kappa shape index (κ3) is 6.83. The van der Waals surface area contributed by atoms with E-state index in [4.69, 9.17) is 0 Å². The molecule has 2 N–H and O–H groups in total. The standard InChI is InChI=1S/C31H41N7O2/c1-7-22-19-25-20-24(30(40)33-26(8-2)29-34-36-38(9-3)35-29)16-18-37(25)27(22)28(39)23-14-12-21(13-15-23)11-10-17-32-31(4,5)6/h12-16,18-20,26,32H,7-11,17H2,1-6H3,(H,33,40). The van der Waals surface area contributed by atoms with Gasteiger partial charge in [0.15, 0.2) is 5.82 Å². The molecule has 0 bridgehead atoms. The topological polar surface area (TPSA) is 106 Å². The van der Waals surface area contributed by atoms with Crippen LogP contribution in [-0.4, -0.2) is 48.4 Å². The quantitative estimate of drug-likeness (QED) is 0.194. The number of pyridine rings is 1. The lowest BCUT2D eigenvalue weighted by molar-refractivity contribution is 0.0933. The number of tetrazole rings is 1. The summed E-state index contributed by atoms with van der Waals surface area (Å²) in [6.07, 6.45) is 5.15. The van der Waals surface area contributed by atoms with Gasteiger partial charge in [-0.1, -0.05) is 38.1 Å². The number of hydrogen-bond donors (Lipinski definition) is 2. The van der Waals surface area contributed by atoms with Crippen LogP contribution in [0.15, 0.2) is 48.7 Å². The number of benzene rings is 1. The molecule has 4 aromatic rings. The highest BCUT2D eigenvalue weighted by Crippen LogP contribution is 2.23. The number of aryl methyl sites for hydroxylation is 3. The van der Waals surface area contributed by atoms with Crippen molar-refractivity contribution in [2.24, 2.45) is 0 Å². The van der Waals surface area contributed by atoms with Gasteiger partial charge in [0, 0.05) is 28.4 Å². The van der Waals surface area contributed by atoms with E-state index < -0.39 is 0 Å². The Morgan fingerprint density at radius 2 is 1.75 bits per heavy atom. The second kappa shape index (κ2) is 12.6. The zero-order valence-electron chi connectivity index (χ0n) is 24.5. The predicted octanol–water partition coefficient (Wildman–Crippen LogP) is 4.94. The highest BCUT2D eigenvalue weighted by molar-refractivity contribution is 6.10. The summed E-state index contributed by atoms with van der Waals surface area (Å²) in [4.78, 5) is 28.3. The molecule has 1 atom stereocenters. The number of rotatable bonds is 12. The maximum atomic E-state index is 13.6. The minimum absolute atomic E-state index is 0.0221. The fourth-order valence-corrected chi connectivity index (χ4v) is 4.74. The summed E-state index contributed by atoms with van der Waals surface area (Å²) in [5, 5.41) is 19.0. The summed E-state index contributed by atoms with van der Waals surface area (Å²) in [7, 11) is 0. The van der Waals surface area contributed by atoms with Crippen LogP contribution in [0.3, 0.4) is 0 Å². The van der Waals surface area contributed by atoms with Crippen LogP contribution in [-0.2, 0) is 19.4 Å². The average molecular weight is 544 g/mol. The molecule has 1 unspecified atom stereocenters. The molecule has 0 aliphatic carbocycles. The van der Waals surface area contributed by atoms with Gasteiger partial charge in [-0.2, -0.15) is 4.80 Å². The first kappa shape index (κ1) is 29.1. The van der Waals surface area contributed by atoms with Gasteiger partial charge in [-0.3, -0.25) is 9.59 Å². The van der Waals surface area contributed by atoms with Gasteiger partial charge in [0.05, 0.1) is 18.3 Å². The van der Waals surface area contributed by atoms with Crippen molar-refractivity contribution in [3.63, 3.8) is 0 Å². The van der Waals surface area contributed by atoms with Crippen molar-refractivity contribution in [3.05, 3.63) is 82.4 Å². The first-order chi connectivity index (χ1) is 19.1. The number of nitrogens with zero attached hydrogens (tertiary/aromatic N) is 5. The molecule has 3 heterocycles. The molecule has 1 aromatic carbocycles. The zero-order chi connectivity index (χ0) is 28.9. The van der Waals surface area contributed by atoms with Crippen LogP contribution >= 0.6 is 0 Å². The average Bonchev–Trinajstić information content (AvgIpc) is 3.57. The fourth-order valence-electron chi connectivity index (χ4n) is 4.74. The molecule has 0 fully saturated rings. The molecule has 3 aromatic heterocycles. The minimum atomic E-state index is -0.336. The van der Waals surface area contributed by atoms with E-state index in [0.29, 0.717) is 42.0 Å². The second-order valence-corrected chi connectivity index (χ2v) is 11.2. The maximum Gasteiger partial charge on any atom is 0.252 e. The maximum absolute atomic E-state index is 13.6. The van der Waals surface area contributed by atoms with E-state index in [0.717, 1.165) is 30.5 Å². The molecule has 0 aliphatic rings. The minimum Gasteiger partial charge on any atom is -0.342 e. The van der Waals surface area contributed by atoms with Crippen molar-refractivity contribution < 1.29 is 9.59 Å². The van der Waals surface area contributed by atoms with Crippen molar-refractivity contribution >= 4 is 17.2 Å². The van der Waals surface area contributed by atoms with Gasteiger partial charge in [-0.15, -0.1) is 10.2 Å². The lowest BCUT2D eigenvalue weighted by Crippen LogP contribution is -2.36. The molecule has 0 radical (unpaired) electrons. The molecule has 212 valence electrons. The van der Waals surface area contributed by atoms with E-state index in [9.17, 15) is 9.59 Å². The molecular formula is C31H41N7O2.